The molecule has 0 atom stereocenters. The summed E-state index contributed by atoms with van der Waals surface area (Å²) >= 11 is 0. The van der Waals surface area contributed by atoms with Gasteiger partial charge in [-0.2, -0.15) is 0 Å². The first-order chi connectivity index (χ1) is 11.9. The first kappa shape index (κ1) is 20.9. The SMILES string of the molecule is Cc1ccc(S(=O)(=O)NC2CCN(Cc3ccccc3)CC2)c(C)c1.Cl. The molecule has 1 saturated heterocycles. The van der Waals surface area contributed by atoms with Crippen molar-refractivity contribution in [3.63, 3.8) is 0 Å². The normalized spacial score (nSPS) is 16.2. The maximum absolute atomic E-state index is 12.7. The van der Waals surface area contributed by atoms with Crippen molar-refractivity contribution in [2.24, 2.45) is 0 Å². The Kier molecular flexibility index (Phi) is 7.24. The summed E-state index contributed by atoms with van der Waals surface area (Å²) in [7, 11) is -3.45. The van der Waals surface area contributed by atoms with Crippen molar-refractivity contribution in [3.05, 3.63) is 65.2 Å². The highest BCUT2D eigenvalue weighted by atomic mass is 35.5. The molecule has 0 aromatic heterocycles. The molecule has 142 valence electrons. The number of sulfonamides is 1. The number of nitrogens with zero attached hydrogens (tertiary/aromatic N) is 1. The highest BCUT2D eigenvalue weighted by Crippen LogP contribution is 2.20. The average molecular weight is 395 g/mol. The Balaban J connectivity index is 0.00000243. The van der Waals surface area contributed by atoms with Crippen LogP contribution in [-0.2, 0) is 16.6 Å². The Bertz CT molecular complexity index is 817. The monoisotopic (exact) mass is 394 g/mol. The van der Waals surface area contributed by atoms with Gasteiger partial charge in [0, 0.05) is 25.7 Å². The second-order valence-electron chi connectivity index (χ2n) is 6.93. The van der Waals surface area contributed by atoms with E-state index in [-0.39, 0.29) is 18.4 Å². The zero-order chi connectivity index (χ0) is 17.9. The first-order valence-electron chi connectivity index (χ1n) is 8.80. The third-order valence-electron chi connectivity index (χ3n) is 4.78. The maximum atomic E-state index is 12.7. The Hall–Kier alpha value is -1.40. The van der Waals surface area contributed by atoms with Crippen molar-refractivity contribution in [1.29, 1.82) is 0 Å². The molecule has 4 nitrogen and oxygen atoms in total. The van der Waals surface area contributed by atoms with E-state index in [0.717, 1.165) is 43.6 Å². The van der Waals surface area contributed by atoms with Crippen LogP contribution in [0.3, 0.4) is 0 Å². The third kappa shape index (κ3) is 5.30. The summed E-state index contributed by atoms with van der Waals surface area (Å²) in [5.74, 6) is 0. The molecule has 0 saturated carbocycles. The van der Waals surface area contributed by atoms with Crippen LogP contribution in [0.2, 0.25) is 0 Å². The Labute approximate surface area is 163 Å². The van der Waals surface area contributed by atoms with Gasteiger partial charge in [0.25, 0.3) is 0 Å². The lowest BCUT2D eigenvalue weighted by Gasteiger charge is -2.32. The number of aryl methyl sites for hydroxylation is 2. The number of piperidine rings is 1. The molecule has 2 aromatic rings. The smallest absolute Gasteiger partial charge is 0.241 e. The minimum Gasteiger partial charge on any atom is -0.299 e. The summed E-state index contributed by atoms with van der Waals surface area (Å²) in [6.45, 7) is 6.57. The van der Waals surface area contributed by atoms with Gasteiger partial charge in [-0.15, -0.1) is 12.4 Å². The van der Waals surface area contributed by atoms with Crippen molar-refractivity contribution in [2.75, 3.05) is 13.1 Å². The van der Waals surface area contributed by atoms with E-state index in [1.807, 2.05) is 32.0 Å². The molecule has 1 N–H and O–H groups in total. The van der Waals surface area contributed by atoms with Crippen LogP contribution in [0, 0.1) is 13.8 Å². The summed E-state index contributed by atoms with van der Waals surface area (Å²) in [6.07, 6.45) is 1.69. The molecule has 1 aliphatic rings. The molecule has 6 heteroatoms. The van der Waals surface area contributed by atoms with Crippen LogP contribution < -0.4 is 4.72 Å². The highest BCUT2D eigenvalue weighted by Gasteiger charge is 2.25. The van der Waals surface area contributed by atoms with Gasteiger partial charge in [0.2, 0.25) is 10.0 Å². The van der Waals surface area contributed by atoms with Crippen molar-refractivity contribution in [1.82, 2.24) is 9.62 Å². The van der Waals surface area contributed by atoms with Gasteiger partial charge in [-0.3, -0.25) is 4.90 Å². The van der Waals surface area contributed by atoms with Gasteiger partial charge in [-0.25, -0.2) is 13.1 Å². The van der Waals surface area contributed by atoms with Crippen LogP contribution in [0.15, 0.2) is 53.4 Å². The lowest BCUT2D eigenvalue weighted by Crippen LogP contribution is -2.44. The van der Waals surface area contributed by atoms with Crippen LogP contribution in [0.4, 0.5) is 0 Å². The van der Waals surface area contributed by atoms with Crippen LogP contribution in [0.25, 0.3) is 0 Å². The van der Waals surface area contributed by atoms with Gasteiger partial charge in [0.05, 0.1) is 4.90 Å². The molecule has 0 unspecified atom stereocenters. The van der Waals surface area contributed by atoms with E-state index in [1.165, 1.54) is 5.56 Å². The molecule has 3 rings (SSSR count). The largest absolute Gasteiger partial charge is 0.299 e. The van der Waals surface area contributed by atoms with Crippen molar-refractivity contribution >= 4 is 22.4 Å². The Morgan fingerprint density at radius 2 is 1.69 bits per heavy atom. The van der Waals surface area contributed by atoms with Gasteiger partial charge < -0.3 is 0 Å². The highest BCUT2D eigenvalue weighted by molar-refractivity contribution is 7.89. The topological polar surface area (TPSA) is 49.4 Å². The lowest BCUT2D eigenvalue weighted by atomic mass is 10.1. The Morgan fingerprint density at radius 1 is 1.04 bits per heavy atom. The van der Waals surface area contributed by atoms with Gasteiger partial charge >= 0.3 is 0 Å². The number of hydrogen-bond acceptors (Lipinski definition) is 3. The number of hydrogen-bond donors (Lipinski definition) is 1. The molecular weight excluding hydrogens is 368 g/mol. The second-order valence-corrected chi connectivity index (χ2v) is 8.61. The zero-order valence-corrected chi connectivity index (χ0v) is 16.9. The second kappa shape index (κ2) is 9.00. The lowest BCUT2D eigenvalue weighted by molar-refractivity contribution is 0.200. The molecule has 1 fully saturated rings. The molecule has 0 spiro atoms. The van der Waals surface area contributed by atoms with E-state index in [9.17, 15) is 8.42 Å². The number of likely N-dealkylation sites (tertiary alicyclic amines) is 1. The van der Waals surface area contributed by atoms with E-state index in [4.69, 9.17) is 0 Å². The number of nitrogens with one attached hydrogen (secondary N) is 1. The number of benzene rings is 2. The van der Waals surface area contributed by atoms with E-state index in [1.54, 1.807) is 6.07 Å². The Morgan fingerprint density at radius 3 is 2.31 bits per heavy atom. The van der Waals surface area contributed by atoms with E-state index in [0.29, 0.717) is 4.90 Å². The zero-order valence-electron chi connectivity index (χ0n) is 15.3. The average Bonchev–Trinajstić information content (AvgIpc) is 2.57. The van der Waals surface area contributed by atoms with Crippen molar-refractivity contribution in [2.45, 2.75) is 44.2 Å². The summed E-state index contributed by atoms with van der Waals surface area (Å²) in [6, 6.07) is 15.9. The predicted octanol–water partition coefficient (Wildman–Crippen LogP) is 3.67. The van der Waals surface area contributed by atoms with E-state index in [2.05, 4.69) is 33.9 Å². The molecule has 1 heterocycles. The van der Waals surface area contributed by atoms with Crippen LogP contribution >= 0.6 is 12.4 Å². The third-order valence-corrected chi connectivity index (χ3v) is 6.46. The molecule has 0 aliphatic carbocycles. The van der Waals surface area contributed by atoms with E-state index >= 15 is 0 Å². The minimum atomic E-state index is -3.45. The first-order valence-corrected chi connectivity index (χ1v) is 10.3. The summed E-state index contributed by atoms with van der Waals surface area (Å²) in [4.78, 5) is 2.78. The molecular formula is C20H27ClN2O2S. The number of rotatable bonds is 5. The van der Waals surface area contributed by atoms with Crippen LogP contribution in [0.5, 0.6) is 0 Å². The molecule has 0 bridgehead atoms. The van der Waals surface area contributed by atoms with Crippen molar-refractivity contribution in [3.8, 4) is 0 Å². The molecule has 1 aliphatic heterocycles. The molecule has 0 radical (unpaired) electrons. The molecule has 26 heavy (non-hydrogen) atoms. The molecule has 0 amide bonds. The fourth-order valence-electron chi connectivity index (χ4n) is 3.43. The standard InChI is InChI=1S/C20H26N2O2S.ClH/c1-16-8-9-20(17(2)14-16)25(23,24)21-19-10-12-22(13-11-19)15-18-6-4-3-5-7-18;/h3-9,14,19,21H,10-13,15H2,1-2H3;1H. The van der Waals surface area contributed by atoms with Gasteiger partial charge in [-0.1, -0.05) is 48.0 Å². The summed E-state index contributed by atoms with van der Waals surface area (Å²) in [5, 5.41) is 0. The van der Waals surface area contributed by atoms with Gasteiger partial charge in [0.15, 0.2) is 0 Å². The quantitative estimate of drug-likeness (QED) is 0.841. The number of halogens is 1. The summed E-state index contributed by atoms with van der Waals surface area (Å²) in [5.41, 5.74) is 3.18. The van der Waals surface area contributed by atoms with Gasteiger partial charge in [-0.05, 0) is 43.9 Å². The van der Waals surface area contributed by atoms with Crippen LogP contribution in [0.1, 0.15) is 29.5 Å². The molecule has 2 aromatic carbocycles. The van der Waals surface area contributed by atoms with Crippen molar-refractivity contribution < 1.29 is 8.42 Å². The van der Waals surface area contributed by atoms with Crippen LogP contribution in [-0.4, -0.2) is 32.4 Å². The van der Waals surface area contributed by atoms with E-state index < -0.39 is 10.0 Å². The van der Waals surface area contributed by atoms with Gasteiger partial charge in [0.1, 0.15) is 0 Å². The summed E-state index contributed by atoms with van der Waals surface area (Å²) < 4.78 is 28.3. The fraction of sp³-hybridized carbons (Fsp3) is 0.400. The maximum Gasteiger partial charge on any atom is 0.241 e. The minimum absolute atomic E-state index is 0. The predicted molar refractivity (Wildman–Crippen MR) is 108 cm³/mol. The fourth-order valence-corrected chi connectivity index (χ4v) is 4.97.